The van der Waals surface area contributed by atoms with Gasteiger partial charge in [0.05, 0.1) is 19.8 Å². The van der Waals surface area contributed by atoms with Gasteiger partial charge < -0.3 is 14.2 Å². The van der Waals surface area contributed by atoms with Crippen molar-refractivity contribution < 1.29 is 28.6 Å². The van der Waals surface area contributed by atoms with Crippen LogP contribution in [0.15, 0.2) is 12.2 Å². The Labute approximate surface area is 129 Å². The first-order chi connectivity index (χ1) is 10.2. The van der Waals surface area contributed by atoms with E-state index in [1.807, 2.05) is 0 Å². The normalized spacial score (nSPS) is 23.0. The summed E-state index contributed by atoms with van der Waals surface area (Å²) >= 11 is 0. The summed E-state index contributed by atoms with van der Waals surface area (Å²) in [5, 5.41) is 0. The number of imide groups is 1. The number of amides is 2. The molecule has 2 aliphatic rings. The van der Waals surface area contributed by atoms with Gasteiger partial charge in [-0.25, -0.2) is 0 Å². The summed E-state index contributed by atoms with van der Waals surface area (Å²) in [5.41, 5.74) is -0.837. The zero-order valence-corrected chi connectivity index (χ0v) is 13.1. The molecule has 0 aromatic heterocycles. The van der Waals surface area contributed by atoms with E-state index in [9.17, 15) is 14.4 Å². The van der Waals surface area contributed by atoms with Crippen LogP contribution in [0, 0.1) is 5.41 Å². The zero-order valence-electron chi connectivity index (χ0n) is 13.1. The van der Waals surface area contributed by atoms with Crippen molar-refractivity contribution in [3.8, 4) is 0 Å². The quantitative estimate of drug-likeness (QED) is 0.421. The Morgan fingerprint density at radius 2 is 1.73 bits per heavy atom. The number of rotatable bonds is 5. The molecule has 0 spiro atoms. The Morgan fingerprint density at radius 1 is 1.18 bits per heavy atom. The van der Waals surface area contributed by atoms with Gasteiger partial charge >= 0.3 is 5.97 Å². The minimum atomic E-state index is -0.837. The topological polar surface area (TPSA) is 82.1 Å². The SMILES string of the molecule is CC1(C)OCC(C)(C(=O)OCCCN2C(=O)C=CC2=O)CO1. The maximum atomic E-state index is 12.1. The number of carbonyl (C=O) groups excluding carboxylic acids is 3. The molecule has 0 atom stereocenters. The van der Waals surface area contributed by atoms with Crippen molar-refractivity contribution in [1.29, 1.82) is 0 Å². The number of esters is 1. The molecule has 7 nitrogen and oxygen atoms in total. The highest BCUT2D eigenvalue weighted by molar-refractivity contribution is 6.12. The standard InChI is InChI=1S/C15H21NO6/c1-14(2)21-9-15(3,10-22-14)13(19)20-8-4-7-16-11(17)5-6-12(16)18/h5-6H,4,7-10H2,1-3H3. The Bertz CT molecular complexity index is 482. The third-order valence-corrected chi connectivity index (χ3v) is 3.63. The highest BCUT2D eigenvalue weighted by atomic mass is 16.7. The summed E-state index contributed by atoms with van der Waals surface area (Å²) in [6.07, 6.45) is 2.86. The first kappa shape index (κ1) is 16.6. The van der Waals surface area contributed by atoms with Gasteiger partial charge in [0.25, 0.3) is 11.8 Å². The molecule has 0 bridgehead atoms. The molecule has 0 saturated carbocycles. The average molecular weight is 311 g/mol. The van der Waals surface area contributed by atoms with Gasteiger partial charge in [0, 0.05) is 18.7 Å². The fourth-order valence-electron chi connectivity index (χ4n) is 2.08. The summed E-state index contributed by atoms with van der Waals surface area (Å²) in [6, 6.07) is 0. The van der Waals surface area contributed by atoms with Crippen molar-refractivity contribution in [1.82, 2.24) is 4.90 Å². The lowest BCUT2D eigenvalue weighted by Gasteiger charge is -2.39. The molecule has 2 heterocycles. The molecule has 2 rings (SSSR count). The minimum absolute atomic E-state index is 0.134. The Morgan fingerprint density at radius 3 is 2.27 bits per heavy atom. The lowest BCUT2D eigenvalue weighted by Crippen LogP contribution is -2.49. The van der Waals surface area contributed by atoms with Gasteiger partial charge in [-0.2, -0.15) is 0 Å². The molecule has 2 amide bonds. The van der Waals surface area contributed by atoms with Crippen molar-refractivity contribution in [3.63, 3.8) is 0 Å². The molecular weight excluding hydrogens is 290 g/mol. The second-order valence-corrected chi connectivity index (χ2v) is 6.19. The van der Waals surface area contributed by atoms with E-state index in [1.165, 1.54) is 12.2 Å². The fraction of sp³-hybridized carbons (Fsp3) is 0.667. The number of carbonyl (C=O) groups is 3. The molecule has 2 aliphatic heterocycles. The maximum Gasteiger partial charge on any atom is 0.316 e. The molecule has 7 heteroatoms. The van der Waals surface area contributed by atoms with E-state index in [2.05, 4.69) is 0 Å². The first-order valence-corrected chi connectivity index (χ1v) is 7.22. The zero-order chi connectivity index (χ0) is 16.4. The molecule has 0 radical (unpaired) electrons. The smallest absolute Gasteiger partial charge is 0.316 e. The number of hydrogen-bond acceptors (Lipinski definition) is 6. The van der Waals surface area contributed by atoms with Crippen LogP contribution >= 0.6 is 0 Å². The predicted molar refractivity (Wildman–Crippen MR) is 75.5 cm³/mol. The highest BCUT2D eigenvalue weighted by Gasteiger charge is 2.43. The molecule has 0 aromatic carbocycles. The largest absolute Gasteiger partial charge is 0.465 e. The summed E-state index contributed by atoms with van der Waals surface area (Å²) in [7, 11) is 0. The number of nitrogens with zero attached hydrogens (tertiary/aromatic N) is 1. The summed E-state index contributed by atoms with van der Waals surface area (Å²) in [4.78, 5) is 35.9. The van der Waals surface area contributed by atoms with E-state index >= 15 is 0 Å². The van der Waals surface area contributed by atoms with Gasteiger partial charge in [-0.15, -0.1) is 0 Å². The van der Waals surface area contributed by atoms with Gasteiger partial charge in [0.2, 0.25) is 0 Å². The van der Waals surface area contributed by atoms with E-state index in [-0.39, 0.29) is 38.2 Å². The van der Waals surface area contributed by atoms with Gasteiger partial charge in [-0.05, 0) is 27.2 Å². The second kappa shape index (κ2) is 6.18. The van der Waals surface area contributed by atoms with Crippen LogP contribution in [0.1, 0.15) is 27.2 Å². The number of hydrogen-bond donors (Lipinski definition) is 0. The first-order valence-electron chi connectivity index (χ1n) is 7.22. The molecule has 122 valence electrons. The van der Waals surface area contributed by atoms with Gasteiger partial charge in [-0.1, -0.05) is 0 Å². The Hall–Kier alpha value is -1.73. The van der Waals surface area contributed by atoms with Gasteiger partial charge in [-0.3, -0.25) is 19.3 Å². The molecule has 0 N–H and O–H groups in total. The summed E-state index contributed by atoms with van der Waals surface area (Å²) < 4.78 is 16.2. The fourth-order valence-corrected chi connectivity index (χ4v) is 2.08. The molecule has 22 heavy (non-hydrogen) atoms. The van der Waals surface area contributed by atoms with Crippen molar-refractivity contribution in [2.75, 3.05) is 26.4 Å². The minimum Gasteiger partial charge on any atom is -0.465 e. The van der Waals surface area contributed by atoms with E-state index < -0.39 is 17.2 Å². The van der Waals surface area contributed by atoms with E-state index in [0.717, 1.165) is 4.90 Å². The monoisotopic (exact) mass is 311 g/mol. The van der Waals surface area contributed by atoms with E-state index in [0.29, 0.717) is 6.42 Å². The van der Waals surface area contributed by atoms with Crippen molar-refractivity contribution in [2.45, 2.75) is 33.0 Å². The van der Waals surface area contributed by atoms with E-state index in [1.54, 1.807) is 20.8 Å². The Kier molecular flexibility index (Phi) is 4.67. The number of ether oxygens (including phenoxy) is 3. The molecule has 0 aliphatic carbocycles. The lowest BCUT2D eigenvalue weighted by molar-refractivity contribution is -0.281. The lowest BCUT2D eigenvalue weighted by atomic mass is 9.92. The van der Waals surface area contributed by atoms with Gasteiger partial charge in [0.15, 0.2) is 5.79 Å². The van der Waals surface area contributed by atoms with E-state index in [4.69, 9.17) is 14.2 Å². The van der Waals surface area contributed by atoms with Crippen LogP contribution in [0.4, 0.5) is 0 Å². The maximum absolute atomic E-state index is 12.1. The average Bonchev–Trinajstić information content (AvgIpc) is 2.78. The van der Waals surface area contributed by atoms with Crippen LogP contribution in [0.5, 0.6) is 0 Å². The molecule has 0 aromatic rings. The van der Waals surface area contributed by atoms with Crippen molar-refractivity contribution >= 4 is 17.8 Å². The third-order valence-electron chi connectivity index (χ3n) is 3.63. The Balaban J connectivity index is 1.72. The van der Waals surface area contributed by atoms with Crippen molar-refractivity contribution in [2.24, 2.45) is 5.41 Å². The molecular formula is C15H21NO6. The van der Waals surface area contributed by atoms with Crippen LogP contribution < -0.4 is 0 Å². The predicted octanol–water partition coefficient (Wildman–Crippen LogP) is 0.634. The highest BCUT2D eigenvalue weighted by Crippen LogP contribution is 2.30. The van der Waals surface area contributed by atoms with Crippen LogP contribution in [0.2, 0.25) is 0 Å². The third kappa shape index (κ3) is 3.72. The van der Waals surface area contributed by atoms with Crippen LogP contribution in [0.25, 0.3) is 0 Å². The van der Waals surface area contributed by atoms with Crippen molar-refractivity contribution in [3.05, 3.63) is 12.2 Å². The van der Waals surface area contributed by atoms with Crippen LogP contribution in [0.3, 0.4) is 0 Å². The summed E-state index contributed by atoms with van der Waals surface area (Å²) in [5.74, 6) is -1.76. The molecule has 1 saturated heterocycles. The second-order valence-electron chi connectivity index (χ2n) is 6.19. The van der Waals surface area contributed by atoms with Crippen LogP contribution in [-0.2, 0) is 28.6 Å². The van der Waals surface area contributed by atoms with Gasteiger partial charge in [0.1, 0.15) is 5.41 Å². The molecule has 0 unspecified atom stereocenters. The molecule has 1 fully saturated rings. The summed E-state index contributed by atoms with van der Waals surface area (Å²) in [6.45, 7) is 6.12. The van der Waals surface area contributed by atoms with Crippen LogP contribution in [-0.4, -0.2) is 54.8 Å².